The Bertz CT molecular complexity index is 438. The maximum absolute atomic E-state index is 9.02. The van der Waals surface area contributed by atoms with Crippen LogP contribution in [0.15, 0.2) is 29.4 Å². The smallest absolute Gasteiger partial charge is 0.0906 e. The van der Waals surface area contributed by atoms with E-state index in [1.54, 1.807) is 0 Å². The van der Waals surface area contributed by atoms with Crippen LogP contribution in [0.4, 0.5) is 5.69 Å². The van der Waals surface area contributed by atoms with Crippen molar-refractivity contribution in [2.24, 2.45) is 11.1 Å². The summed E-state index contributed by atoms with van der Waals surface area (Å²) in [7, 11) is 0. The molecule has 17 heavy (non-hydrogen) atoms. The van der Waals surface area contributed by atoms with Crippen LogP contribution in [-0.4, -0.2) is 24.0 Å². The number of rotatable bonds is 3. The zero-order valence-corrected chi connectivity index (χ0v) is 9.97. The molecular weight excluding hydrogens is 212 g/mol. The molecule has 2 aliphatic rings. The van der Waals surface area contributed by atoms with Gasteiger partial charge in [-0.25, -0.2) is 0 Å². The zero-order valence-electron chi connectivity index (χ0n) is 9.97. The third-order valence-electron chi connectivity index (χ3n) is 3.80. The molecule has 0 saturated heterocycles. The van der Waals surface area contributed by atoms with Gasteiger partial charge in [0.25, 0.3) is 0 Å². The lowest BCUT2D eigenvalue weighted by atomic mass is 9.99. The molecule has 1 aliphatic heterocycles. The molecule has 1 aromatic carbocycles. The summed E-state index contributed by atoms with van der Waals surface area (Å²) in [6.45, 7) is 2.11. The summed E-state index contributed by atoms with van der Waals surface area (Å²) in [6, 6.07) is 8.25. The zero-order chi connectivity index (χ0) is 11.7. The molecule has 0 atom stereocenters. The number of hydrogen-bond donors (Lipinski definition) is 1. The average Bonchev–Trinajstić information content (AvgIpc) is 3.20. The minimum absolute atomic E-state index is 0.822. The first-order valence-electron chi connectivity index (χ1n) is 6.44. The molecule has 0 amide bonds. The van der Waals surface area contributed by atoms with Crippen molar-refractivity contribution in [2.75, 3.05) is 18.0 Å². The van der Waals surface area contributed by atoms with Crippen molar-refractivity contribution in [1.82, 2.24) is 0 Å². The van der Waals surface area contributed by atoms with E-state index in [4.69, 9.17) is 5.21 Å². The number of anilines is 1. The largest absolute Gasteiger partial charge is 0.411 e. The maximum Gasteiger partial charge on any atom is 0.0906 e. The lowest BCUT2D eigenvalue weighted by Gasteiger charge is -2.31. The van der Waals surface area contributed by atoms with Crippen LogP contribution in [0.25, 0.3) is 0 Å². The second-order valence-electron chi connectivity index (χ2n) is 5.03. The normalized spacial score (nSPS) is 21.6. The van der Waals surface area contributed by atoms with E-state index in [0.29, 0.717) is 0 Å². The first-order chi connectivity index (χ1) is 8.38. The molecule has 3 rings (SSSR count). The van der Waals surface area contributed by atoms with Crippen molar-refractivity contribution in [2.45, 2.75) is 25.7 Å². The number of benzene rings is 1. The Morgan fingerprint density at radius 3 is 2.88 bits per heavy atom. The Morgan fingerprint density at radius 1 is 1.29 bits per heavy atom. The molecule has 1 aromatic rings. The molecule has 0 spiro atoms. The van der Waals surface area contributed by atoms with Crippen LogP contribution in [0.5, 0.6) is 0 Å². The summed E-state index contributed by atoms with van der Waals surface area (Å²) in [4.78, 5) is 2.43. The summed E-state index contributed by atoms with van der Waals surface area (Å²) >= 11 is 0. The Hall–Kier alpha value is -1.51. The van der Waals surface area contributed by atoms with Crippen LogP contribution >= 0.6 is 0 Å². The van der Waals surface area contributed by atoms with Crippen LogP contribution in [0.2, 0.25) is 0 Å². The minimum Gasteiger partial charge on any atom is -0.411 e. The molecule has 0 aromatic heterocycles. The van der Waals surface area contributed by atoms with Gasteiger partial charge in [0.2, 0.25) is 0 Å². The summed E-state index contributed by atoms with van der Waals surface area (Å²) in [5.41, 5.74) is 3.15. The van der Waals surface area contributed by atoms with E-state index in [1.165, 1.54) is 24.9 Å². The van der Waals surface area contributed by atoms with Crippen molar-refractivity contribution in [3.8, 4) is 0 Å². The lowest BCUT2D eigenvalue weighted by molar-refractivity contribution is 0.317. The van der Waals surface area contributed by atoms with Crippen LogP contribution in [0.3, 0.4) is 0 Å². The average molecular weight is 230 g/mol. The SMILES string of the molecule is ON=C1CCN(CCC2CC2)c2ccccc21. The maximum atomic E-state index is 9.02. The Balaban J connectivity index is 1.82. The lowest BCUT2D eigenvalue weighted by Crippen LogP contribution is -2.33. The van der Waals surface area contributed by atoms with Crippen LogP contribution in [-0.2, 0) is 0 Å². The van der Waals surface area contributed by atoms with Gasteiger partial charge < -0.3 is 10.1 Å². The quantitative estimate of drug-likeness (QED) is 0.640. The molecule has 1 fully saturated rings. The van der Waals surface area contributed by atoms with Crippen molar-refractivity contribution in [3.63, 3.8) is 0 Å². The molecule has 1 heterocycles. The third-order valence-corrected chi connectivity index (χ3v) is 3.80. The predicted octanol–water partition coefficient (Wildman–Crippen LogP) is 2.88. The van der Waals surface area contributed by atoms with Gasteiger partial charge in [0.05, 0.1) is 5.71 Å². The first kappa shape index (κ1) is 10.6. The van der Waals surface area contributed by atoms with E-state index < -0.39 is 0 Å². The highest BCUT2D eigenvalue weighted by Gasteiger charge is 2.25. The van der Waals surface area contributed by atoms with Gasteiger partial charge in [-0.2, -0.15) is 0 Å². The highest BCUT2D eigenvalue weighted by Crippen LogP contribution is 2.34. The fourth-order valence-electron chi connectivity index (χ4n) is 2.57. The molecule has 3 nitrogen and oxygen atoms in total. The number of hydrogen-bond acceptors (Lipinski definition) is 3. The third kappa shape index (κ3) is 2.14. The summed E-state index contributed by atoms with van der Waals surface area (Å²) < 4.78 is 0. The molecule has 1 saturated carbocycles. The van der Waals surface area contributed by atoms with E-state index in [2.05, 4.69) is 22.2 Å². The van der Waals surface area contributed by atoms with Gasteiger partial charge in [-0.05, 0) is 18.4 Å². The minimum atomic E-state index is 0.822. The van der Waals surface area contributed by atoms with Crippen LogP contribution < -0.4 is 4.90 Å². The number of oxime groups is 1. The first-order valence-corrected chi connectivity index (χ1v) is 6.44. The topological polar surface area (TPSA) is 35.8 Å². The highest BCUT2D eigenvalue weighted by molar-refractivity contribution is 6.06. The molecule has 1 N–H and O–H groups in total. The number of para-hydroxylation sites is 1. The van der Waals surface area contributed by atoms with Gasteiger partial charge in [0.15, 0.2) is 0 Å². The second-order valence-corrected chi connectivity index (χ2v) is 5.03. The van der Waals surface area contributed by atoms with Gasteiger partial charge in [-0.3, -0.25) is 0 Å². The Kier molecular flexibility index (Phi) is 2.75. The summed E-state index contributed by atoms with van der Waals surface area (Å²) in [5, 5.41) is 12.4. The van der Waals surface area contributed by atoms with E-state index in [0.717, 1.165) is 36.7 Å². The number of nitrogens with zero attached hydrogens (tertiary/aromatic N) is 2. The standard InChI is InChI=1S/C14H18N2O/c17-15-13-8-10-16(9-7-11-5-6-11)14-4-2-1-3-12(13)14/h1-4,11,17H,5-10H2. The monoisotopic (exact) mass is 230 g/mol. The Labute approximate surface area is 102 Å². The van der Waals surface area contributed by atoms with E-state index in [9.17, 15) is 0 Å². The molecule has 0 unspecified atom stereocenters. The molecule has 90 valence electrons. The number of fused-ring (bicyclic) bond motifs is 1. The molecular formula is C14H18N2O. The van der Waals surface area contributed by atoms with Crippen molar-refractivity contribution in [3.05, 3.63) is 29.8 Å². The van der Waals surface area contributed by atoms with Crippen LogP contribution in [0.1, 0.15) is 31.2 Å². The van der Waals surface area contributed by atoms with Gasteiger partial charge in [-0.15, -0.1) is 0 Å². The van der Waals surface area contributed by atoms with Crippen molar-refractivity contribution in [1.29, 1.82) is 0 Å². The highest BCUT2D eigenvalue weighted by atomic mass is 16.4. The fraction of sp³-hybridized carbons (Fsp3) is 0.500. The van der Waals surface area contributed by atoms with Gasteiger partial charge >= 0.3 is 0 Å². The Morgan fingerprint density at radius 2 is 2.12 bits per heavy atom. The fourth-order valence-corrected chi connectivity index (χ4v) is 2.57. The van der Waals surface area contributed by atoms with Gasteiger partial charge in [0, 0.05) is 30.8 Å². The molecule has 0 bridgehead atoms. The summed E-state index contributed by atoms with van der Waals surface area (Å²) in [5.74, 6) is 0.968. The van der Waals surface area contributed by atoms with Gasteiger partial charge in [0.1, 0.15) is 0 Å². The second kappa shape index (κ2) is 4.40. The van der Waals surface area contributed by atoms with E-state index >= 15 is 0 Å². The molecule has 1 aliphatic carbocycles. The van der Waals surface area contributed by atoms with E-state index in [-0.39, 0.29) is 0 Å². The van der Waals surface area contributed by atoms with E-state index in [1.807, 2.05) is 12.1 Å². The molecule has 3 heteroatoms. The predicted molar refractivity (Wildman–Crippen MR) is 68.9 cm³/mol. The van der Waals surface area contributed by atoms with Crippen molar-refractivity contribution >= 4 is 11.4 Å². The molecule has 0 radical (unpaired) electrons. The van der Waals surface area contributed by atoms with Crippen LogP contribution in [0, 0.1) is 5.92 Å². The van der Waals surface area contributed by atoms with Crippen molar-refractivity contribution < 1.29 is 5.21 Å². The summed E-state index contributed by atoms with van der Waals surface area (Å²) in [6.07, 6.45) is 4.98. The van der Waals surface area contributed by atoms with Gasteiger partial charge in [-0.1, -0.05) is 36.2 Å².